The summed E-state index contributed by atoms with van der Waals surface area (Å²) in [7, 11) is 0. The molecular weight excluding hydrogens is 199 g/mol. The van der Waals surface area contributed by atoms with Crippen LogP contribution in [-0.2, 0) is 4.74 Å². The Morgan fingerprint density at radius 3 is 2.13 bits per heavy atom. The zero-order chi connectivity index (χ0) is 11.3. The maximum Gasteiger partial charge on any atom is 0.269 e. The van der Waals surface area contributed by atoms with Crippen LogP contribution in [0, 0.1) is 11.8 Å². The SMILES string of the molecule is CC(C)[CH2][Al]([CH2]C(C)C)[CH]1CCCOC1. The molecule has 0 radical (unpaired) electrons. The average molecular weight is 226 g/mol. The van der Waals surface area contributed by atoms with Crippen molar-refractivity contribution in [1.82, 2.24) is 0 Å². The van der Waals surface area contributed by atoms with Gasteiger partial charge < -0.3 is 4.74 Å². The van der Waals surface area contributed by atoms with Crippen LogP contribution >= 0.6 is 0 Å². The van der Waals surface area contributed by atoms with E-state index < -0.39 is 14.1 Å². The Hall–Kier alpha value is 0.492. The van der Waals surface area contributed by atoms with E-state index >= 15 is 0 Å². The van der Waals surface area contributed by atoms with E-state index in [1.165, 1.54) is 23.4 Å². The molecule has 1 heterocycles. The van der Waals surface area contributed by atoms with Crippen LogP contribution in [-0.4, -0.2) is 27.4 Å². The molecule has 0 saturated carbocycles. The largest absolute Gasteiger partial charge is 0.382 e. The predicted octanol–water partition coefficient (Wildman–Crippen LogP) is 3.97. The zero-order valence-corrected chi connectivity index (χ0v) is 12.1. The van der Waals surface area contributed by atoms with Gasteiger partial charge in [-0.05, 0) is 6.42 Å². The van der Waals surface area contributed by atoms with Gasteiger partial charge in [0.2, 0.25) is 0 Å². The Labute approximate surface area is 100.0 Å². The molecule has 2 heteroatoms. The van der Waals surface area contributed by atoms with Crippen LogP contribution in [0.15, 0.2) is 0 Å². The monoisotopic (exact) mass is 226 g/mol. The Morgan fingerprint density at radius 1 is 1.13 bits per heavy atom. The van der Waals surface area contributed by atoms with Gasteiger partial charge >= 0.3 is 0 Å². The van der Waals surface area contributed by atoms with Crippen LogP contribution in [0.1, 0.15) is 40.5 Å². The highest BCUT2D eigenvalue weighted by molar-refractivity contribution is 6.60. The lowest BCUT2D eigenvalue weighted by Gasteiger charge is -2.29. The van der Waals surface area contributed by atoms with Crippen molar-refractivity contribution in [1.29, 1.82) is 0 Å². The van der Waals surface area contributed by atoms with Crippen LogP contribution in [0.2, 0.25) is 15.3 Å². The molecule has 1 aliphatic heterocycles. The van der Waals surface area contributed by atoms with E-state index in [0.717, 1.165) is 29.8 Å². The normalized spacial score (nSPS) is 22.4. The number of rotatable bonds is 5. The molecule has 88 valence electrons. The van der Waals surface area contributed by atoms with Crippen LogP contribution in [0.25, 0.3) is 0 Å². The van der Waals surface area contributed by atoms with E-state index in [0.29, 0.717) is 0 Å². The Balaban J connectivity index is 2.45. The van der Waals surface area contributed by atoms with Crippen molar-refractivity contribution in [2.45, 2.75) is 55.9 Å². The van der Waals surface area contributed by atoms with Crippen molar-refractivity contribution in [3.05, 3.63) is 0 Å². The number of ether oxygens (including phenoxy) is 1. The molecule has 0 aromatic heterocycles. The minimum absolute atomic E-state index is 0.556. The molecule has 0 aromatic rings. The van der Waals surface area contributed by atoms with Crippen molar-refractivity contribution >= 4 is 14.1 Å². The third-order valence-corrected chi connectivity index (χ3v) is 8.37. The van der Waals surface area contributed by atoms with Gasteiger partial charge in [-0.2, -0.15) is 0 Å². The third-order valence-electron chi connectivity index (χ3n) is 3.41. The fourth-order valence-electron chi connectivity index (χ4n) is 2.83. The molecule has 1 rings (SSSR count). The van der Waals surface area contributed by atoms with Crippen molar-refractivity contribution in [2.75, 3.05) is 13.2 Å². The summed E-state index contributed by atoms with van der Waals surface area (Å²) in [5.74, 6) is 1.78. The summed E-state index contributed by atoms with van der Waals surface area (Å²) in [5.41, 5.74) is 0. The van der Waals surface area contributed by atoms with E-state index in [-0.39, 0.29) is 0 Å². The average Bonchev–Trinajstić information content (AvgIpc) is 2.17. The lowest BCUT2D eigenvalue weighted by atomic mass is 10.2. The smallest absolute Gasteiger partial charge is 0.269 e. The van der Waals surface area contributed by atoms with Gasteiger partial charge in [0, 0.05) is 13.2 Å². The third kappa shape index (κ3) is 5.39. The van der Waals surface area contributed by atoms with E-state index in [1.54, 1.807) is 0 Å². The highest BCUT2D eigenvalue weighted by Crippen LogP contribution is 2.30. The van der Waals surface area contributed by atoms with Crippen LogP contribution in [0.4, 0.5) is 0 Å². The second kappa shape index (κ2) is 6.94. The fourth-order valence-corrected chi connectivity index (χ4v) is 7.33. The van der Waals surface area contributed by atoms with Crippen molar-refractivity contribution in [3.8, 4) is 0 Å². The molecule has 0 amide bonds. The van der Waals surface area contributed by atoms with E-state index in [9.17, 15) is 0 Å². The Bertz CT molecular complexity index is 152. The van der Waals surface area contributed by atoms with Gasteiger partial charge in [-0.25, -0.2) is 0 Å². The van der Waals surface area contributed by atoms with Gasteiger partial charge in [0.25, 0.3) is 14.1 Å². The second-order valence-corrected chi connectivity index (χ2v) is 9.40. The van der Waals surface area contributed by atoms with Gasteiger partial charge in [0.15, 0.2) is 0 Å². The Morgan fingerprint density at radius 2 is 1.73 bits per heavy atom. The van der Waals surface area contributed by atoms with Crippen molar-refractivity contribution < 1.29 is 4.74 Å². The molecule has 15 heavy (non-hydrogen) atoms. The minimum Gasteiger partial charge on any atom is -0.382 e. The first-order chi connectivity index (χ1) is 7.09. The van der Waals surface area contributed by atoms with Gasteiger partial charge in [-0.15, -0.1) is 0 Å². The summed E-state index contributed by atoms with van der Waals surface area (Å²) in [4.78, 5) is 0. The van der Waals surface area contributed by atoms with E-state index in [1.807, 2.05) is 0 Å². The van der Waals surface area contributed by atoms with Crippen molar-refractivity contribution in [3.63, 3.8) is 0 Å². The molecule has 0 aliphatic carbocycles. The molecule has 0 aromatic carbocycles. The topological polar surface area (TPSA) is 9.23 Å². The molecule has 1 aliphatic rings. The van der Waals surface area contributed by atoms with Gasteiger partial charge in [0.05, 0.1) is 0 Å². The van der Waals surface area contributed by atoms with Crippen LogP contribution < -0.4 is 0 Å². The highest BCUT2D eigenvalue weighted by atomic mass is 27.2. The summed E-state index contributed by atoms with van der Waals surface area (Å²) in [6.45, 7) is 11.6. The maximum atomic E-state index is 5.66. The summed E-state index contributed by atoms with van der Waals surface area (Å²) in [6, 6.07) is 0. The molecule has 0 spiro atoms. The van der Waals surface area contributed by atoms with Gasteiger partial charge in [-0.1, -0.05) is 61.3 Å². The highest BCUT2D eigenvalue weighted by Gasteiger charge is 2.30. The zero-order valence-electron chi connectivity index (χ0n) is 11.0. The molecule has 1 nitrogen and oxygen atoms in total. The first-order valence-corrected chi connectivity index (χ1v) is 8.97. The number of hydrogen-bond acceptors (Lipinski definition) is 1. The fraction of sp³-hybridized carbons (Fsp3) is 1.00. The van der Waals surface area contributed by atoms with E-state index in [4.69, 9.17) is 4.74 Å². The molecule has 1 unspecified atom stereocenters. The maximum absolute atomic E-state index is 5.66. The van der Waals surface area contributed by atoms with E-state index in [2.05, 4.69) is 27.7 Å². The lowest BCUT2D eigenvalue weighted by Crippen LogP contribution is -2.30. The van der Waals surface area contributed by atoms with Crippen LogP contribution in [0.5, 0.6) is 0 Å². The van der Waals surface area contributed by atoms with Crippen LogP contribution in [0.3, 0.4) is 0 Å². The second-order valence-electron chi connectivity index (χ2n) is 6.00. The number of hydrogen-bond donors (Lipinski definition) is 0. The quantitative estimate of drug-likeness (QED) is 0.644. The molecule has 0 N–H and O–H groups in total. The van der Waals surface area contributed by atoms with Crippen molar-refractivity contribution in [2.24, 2.45) is 11.8 Å². The first-order valence-electron chi connectivity index (χ1n) is 6.67. The minimum atomic E-state index is -0.556. The molecule has 1 fully saturated rings. The summed E-state index contributed by atoms with van der Waals surface area (Å²) in [6.07, 6.45) is 2.76. The van der Waals surface area contributed by atoms with Gasteiger partial charge in [0.1, 0.15) is 0 Å². The van der Waals surface area contributed by atoms with Gasteiger partial charge in [-0.3, -0.25) is 0 Å². The molecular formula is C13H27AlO. The lowest BCUT2D eigenvalue weighted by molar-refractivity contribution is 0.0954. The first kappa shape index (κ1) is 13.6. The summed E-state index contributed by atoms with van der Waals surface area (Å²) >= 11 is -0.556. The molecule has 1 atom stereocenters. The Kier molecular flexibility index (Phi) is 6.28. The summed E-state index contributed by atoms with van der Waals surface area (Å²) in [5, 5.41) is 3.04. The standard InChI is InChI=1S/C5H9O.2C4H9.Al/c1-2-4-6-5-3-1;2*1-4(2)3;/h2H,1,3-5H2;2*4H,1H2,2-3H3;. The summed E-state index contributed by atoms with van der Waals surface area (Å²) < 4.78 is 6.64. The molecule has 1 saturated heterocycles. The predicted molar refractivity (Wildman–Crippen MR) is 68.8 cm³/mol. The molecule has 0 bridgehead atoms.